The maximum atomic E-state index is 12.6. The predicted molar refractivity (Wildman–Crippen MR) is 60.5 cm³/mol. The van der Waals surface area contributed by atoms with Crippen molar-refractivity contribution in [3.63, 3.8) is 0 Å². The first-order valence-corrected chi connectivity index (χ1v) is 5.81. The van der Waals surface area contributed by atoms with E-state index < -0.39 is 12.1 Å². The van der Waals surface area contributed by atoms with Gasteiger partial charge in [0.15, 0.2) is 0 Å². The molecule has 2 heterocycles. The van der Waals surface area contributed by atoms with Crippen molar-refractivity contribution in [2.45, 2.75) is 25.6 Å². The van der Waals surface area contributed by atoms with Gasteiger partial charge in [0.2, 0.25) is 5.95 Å². The molecule has 100 valence electrons. The van der Waals surface area contributed by atoms with Crippen molar-refractivity contribution in [2.24, 2.45) is 5.92 Å². The van der Waals surface area contributed by atoms with Gasteiger partial charge < -0.3 is 5.73 Å². The van der Waals surface area contributed by atoms with Crippen LogP contribution < -0.4 is 5.73 Å². The second-order valence-corrected chi connectivity index (χ2v) is 4.52. The zero-order chi connectivity index (χ0) is 13.2. The highest BCUT2D eigenvalue weighted by Crippen LogP contribution is 2.33. The fraction of sp³-hybridized carbons (Fsp3) is 0.636. The van der Waals surface area contributed by atoms with Gasteiger partial charge in [0, 0.05) is 19.3 Å². The van der Waals surface area contributed by atoms with E-state index in [2.05, 4.69) is 9.97 Å². The van der Waals surface area contributed by atoms with Crippen molar-refractivity contribution in [2.75, 3.05) is 18.8 Å². The molecule has 0 amide bonds. The van der Waals surface area contributed by atoms with E-state index in [1.165, 1.54) is 6.20 Å². The molecular formula is C11H15F3N4. The van der Waals surface area contributed by atoms with E-state index in [-0.39, 0.29) is 18.9 Å². The molecule has 0 bridgehead atoms. The Hall–Kier alpha value is -1.37. The van der Waals surface area contributed by atoms with E-state index in [0.29, 0.717) is 25.2 Å². The molecule has 2 N–H and O–H groups in total. The van der Waals surface area contributed by atoms with Gasteiger partial charge in [0.05, 0.1) is 11.6 Å². The molecule has 0 radical (unpaired) electrons. The van der Waals surface area contributed by atoms with Gasteiger partial charge in [-0.2, -0.15) is 13.2 Å². The molecule has 1 saturated heterocycles. The monoisotopic (exact) mass is 260 g/mol. The summed E-state index contributed by atoms with van der Waals surface area (Å²) in [5.41, 5.74) is 6.10. The van der Waals surface area contributed by atoms with Gasteiger partial charge in [-0.3, -0.25) is 4.90 Å². The quantitative estimate of drug-likeness (QED) is 0.881. The summed E-state index contributed by atoms with van der Waals surface area (Å²) in [7, 11) is 0. The zero-order valence-corrected chi connectivity index (χ0v) is 9.82. The van der Waals surface area contributed by atoms with E-state index in [4.69, 9.17) is 5.73 Å². The lowest BCUT2D eigenvalue weighted by Crippen LogP contribution is -2.41. The third kappa shape index (κ3) is 3.32. The number of likely N-dealkylation sites (tertiary alicyclic amines) is 1. The summed E-state index contributed by atoms with van der Waals surface area (Å²) in [6.45, 7) is 1.09. The summed E-state index contributed by atoms with van der Waals surface area (Å²) in [6, 6.07) is 1.67. The highest BCUT2D eigenvalue weighted by molar-refractivity contribution is 5.17. The molecular weight excluding hydrogens is 245 g/mol. The summed E-state index contributed by atoms with van der Waals surface area (Å²) in [6.07, 6.45) is -1.82. The molecule has 18 heavy (non-hydrogen) atoms. The lowest BCUT2D eigenvalue weighted by molar-refractivity contribution is -0.187. The Labute approximate surface area is 103 Å². The summed E-state index contributed by atoms with van der Waals surface area (Å²) < 4.78 is 37.9. The van der Waals surface area contributed by atoms with Crippen LogP contribution in [-0.4, -0.2) is 34.1 Å². The van der Waals surface area contributed by atoms with Crippen molar-refractivity contribution in [1.29, 1.82) is 0 Å². The SMILES string of the molecule is Nc1nccc(CN2CCCC(C(F)(F)F)C2)n1. The number of nitrogens with zero attached hydrogens (tertiary/aromatic N) is 3. The molecule has 4 nitrogen and oxygen atoms in total. The molecule has 1 aromatic rings. The van der Waals surface area contributed by atoms with Crippen LogP contribution in [0.5, 0.6) is 0 Å². The largest absolute Gasteiger partial charge is 0.393 e. The first-order chi connectivity index (χ1) is 8.45. The van der Waals surface area contributed by atoms with Crippen molar-refractivity contribution in [3.8, 4) is 0 Å². The predicted octanol–water partition coefficient (Wildman–Crippen LogP) is 1.83. The van der Waals surface area contributed by atoms with Gasteiger partial charge in [-0.05, 0) is 25.5 Å². The Morgan fingerprint density at radius 3 is 2.89 bits per heavy atom. The topological polar surface area (TPSA) is 55.0 Å². The van der Waals surface area contributed by atoms with Crippen LogP contribution in [0.4, 0.5) is 19.1 Å². The third-order valence-corrected chi connectivity index (χ3v) is 3.09. The fourth-order valence-corrected chi connectivity index (χ4v) is 2.20. The van der Waals surface area contributed by atoms with Crippen LogP contribution in [0.2, 0.25) is 0 Å². The van der Waals surface area contributed by atoms with E-state index in [1.807, 2.05) is 0 Å². The first kappa shape index (κ1) is 13.1. The number of nitrogen functional groups attached to an aromatic ring is 1. The number of rotatable bonds is 2. The Bertz CT molecular complexity index is 408. The Kier molecular flexibility index (Phi) is 3.70. The Balaban J connectivity index is 1.98. The minimum Gasteiger partial charge on any atom is -0.368 e. The summed E-state index contributed by atoms with van der Waals surface area (Å²) in [4.78, 5) is 9.52. The standard InChI is InChI=1S/C11H15F3N4/c12-11(13,14)8-2-1-5-18(6-8)7-9-3-4-16-10(15)17-9/h3-4,8H,1-2,5-7H2,(H2,15,16,17). The number of anilines is 1. The van der Waals surface area contributed by atoms with Gasteiger partial charge in [-0.15, -0.1) is 0 Å². The van der Waals surface area contributed by atoms with E-state index in [0.717, 1.165) is 0 Å². The Morgan fingerprint density at radius 1 is 1.44 bits per heavy atom. The maximum Gasteiger partial charge on any atom is 0.393 e. The number of nitrogens with two attached hydrogens (primary N) is 1. The molecule has 1 unspecified atom stereocenters. The first-order valence-electron chi connectivity index (χ1n) is 5.81. The highest BCUT2D eigenvalue weighted by Gasteiger charge is 2.41. The molecule has 1 aliphatic heterocycles. The van der Waals surface area contributed by atoms with Crippen molar-refractivity contribution in [3.05, 3.63) is 18.0 Å². The molecule has 7 heteroatoms. The molecule has 0 spiro atoms. The Morgan fingerprint density at radius 2 is 2.22 bits per heavy atom. The van der Waals surface area contributed by atoms with Gasteiger partial charge in [0.1, 0.15) is 0 Å². The zero-order valence-electron chi connectivity index (χ0n) is 9.82. The van der Waals surface area contributed by atoms with Gasteiger partial charge >= 0.3 is 6.18 Å². The van der Waals surface area contributed by atoms with Crippen LogP contribution in [-0.2, 0) is 6.54 Å². The van der Waals surface area contributed by atoms with Gasteiger partial charge in [0.25, 0.3) is 0 Å². The number of hydrogen-bond donors (Lipinski definition) is 1. The summed E-state index contributed by atoms with van der Waals surface area (Å²) >= 11 is 0. The maximum absolute atomic E-state index is 12.6. The van der Waals surface area contributed by atoms with Crippen LogP contribution in [0, 0.1) is 5.92 Å². The number of hydrogen-bond acceptors (Lipinski definition) is 4. The number of halogens is 3. The lowest BCUT2D eigenvalue weighted by atomic mass is 9.97. The van der Waals surface area contributed by atoms with Gasteiger partial charge in [-0.25, -0.2) is 9.97 Å². The third-order valence-electron chi connectivity index (χ3n) is 3.09. The van der Waals surface area contributed by atoms with Crippen molar-refractivity contribution >= 4 is 5.95 Å². The van der Waals surface area contributed by atoms with E-state index in [1.54, 1.807) is 11.0 Å². The summed E-state index contributed by atoms with van der Waals surface area (Å²) in [5, 5.41) is 0. The van der Waals surface area contributed by atoms with Crippen molar-refractivity contribution < 1.29 is 13.2 Å². The highest BCUT2D eigenvalue weighted by atomic mass is 19.4. The normalized spacial score (nSPS) is 22.1. The minimum absolute atomic E-state index is 0.0351. The molecule has 1 fully saturated rings. The smallest absolute Gasteiger partial charge is 0.368 e. The number of alkyl halides is 3. The molecule has 2 rings (SSSR count). The molecule has 0 aliphatic carbocycles. The van der Waals surface area contributed by atoms with Crippen LogP contribution >= 0.6 is 0 Å². The van der Waals surface area contributed by atoms with E-state index in [9.17, 15) is 13.2 Å². The molecule has 1 aromatic heterocycles. The molecule has 0 saturated carbocycles. The minimum atomic E-state index is -4.11. The average molecular weight is 260 g/mol. The van der Waals surface area contributed by atoms with Crippen molar-refractivity contribution in [1.82, 2.24) is 14.9 Å². The van der Waals surface area contributed by atoms with Crippen LogP contribution in [0.15, 0.2) is 12.3 Å². The fourth-order valence-electron chi connectivity index (χ4n) is 2.20. The second-order valence-electron chi connectivity index (χ2n) is 4.52. The van der Waals surface area contributed by atoms with E-state index >= 15 is 0 Å². The lowest BCUT2D eigenvalue weighted by Gasteiger charge is -2.33. The van der Waals surface area contributed by atoms with Crippen LogP contribution in [0.25, 0.3) is 0 Å². The molecule has 0 aromatic carbocycles. The molecule has 1 atom stereocenters. The number of aromatic nitrogens is 2. The number of piperidine rings is 1. The van der Waals surface area contributed by atoms with Crippen LogP contribution in [0.1, 0.15) is 18.5 Å². The second kappa shape index (κ2) is 5.09. The average Bonchev–Trinajstić information content (AvgIpc) is 2.28. The molecule has 1 aliphatic rings. The van der Waals surface area contributed by atoms with Gasteiger partial charge in [-0.1, -0.05) is 0 Å². The van der Waals surface area contributed by atoms with Crippen LogP contribution in [0.3, 0.4) is 0 Å². The summed E-state index contributed by atoms with van der Waals surface area (Å²) in [5.74, 6) is -1.08.